The summed E-state index contributed by atoms with van der Waals surface area (Å²) < 4.78 is 1.04. The van der Waals surface area contributed by atoms with Crippen molar-refractivity contribution in [2.45, 2.75) is 31.3 Å². The Balaban J connectivity index is 1.67. The molecule has 1 aromatic heterocycles. The Bertz CT molecular complexity index is 983. The zero-order valence-electron chi connectivity index (χ0n) is 12.9. The molecule has 6 heteroatoms. The minimum Gasteiger partial charge on any atom is -0.465 e. The average molecular weight is 386 g/mol. The molecule has 2 bridgehead atoms. The number of hydrogen-bond acceptors (Lipinski definition) is 2. The predicted molar refractivity (Wildman–Crippen MR) is 95.0 cm³/mol. The number of benzene rings is 2. The summed E-state index contributed by atoms with van der Waals surface area (Å²) in [7, 11) is 0. The summed E-state index contributed by atoms with van der Waals surface area (Å²) in [5.41, 5.74) is 1.89. The first-order valence-electron chi connectivity index (χ1n) is 8.21. The van der Waals surface area contributed by atoms with Crippen LogP contribution >= 0.6 is 15.9 Å². The largest absolute Gasteiger partial charge is 0.465 e. The number of halogens is 1. The molecule has 0 radical (unpaired) electrons. The van der Waals surface area contributed by atoms with Crippen LogP contribution in [0.1, 0.15) is 31.1 Å². The SMILES string of the molecule is O=C(O)N1[C@H]2CC[C@H](C2)[C@H]1c1nc2c(ccc3cc(Br)ccc32)[nH]1. The van der Waals surface area contributed by atoms with Gasteiger partial charge in [-0.25, -0.2) is 9.78 Å². The molecule has 122 valence electrons. The number of imidazole rings is 1. The molecular formula is C18H16BrN3O2. The smallest absolute Gasteiger partial charge is 0.408 e. The third-order valence-corrected chi connectivity index (χ3v) is 6.03. The highest BCUT2D eigenvalue weighted by Gasteiger charge is 2.50. The van der Waals surface area contributed by atoms with Crippen molar-refractivity contribution in [2.75, 3.05) is 0 Å². The van der Waals surface area contributed by atoms with Gasteiger partial charge in [-0.1, -0.05) is 28.1 Å². The molecular weight excluding hydrogens is 370 g/mol. The normalized spacial score (nSPS) is 25.9. The summed E-state index contributed by atoms with van der Waals surface area (Å²) in [5.74, 6) is 1.17. The van der Waals surface area contributed by atoms with E-state index in [1.165, 1.54) is 0 Å². The molecule has 2 fully saturated rings. The van der Waals surface area contributed by atoms with Crippen molar-refractivity contribution >= 4 is 43.8 Å². The molecule has 2 aliphatic rings. The summed E-state index contributed by atoms with van der Waals surface area (Å²) in [6, 6.07) is 10.3. The third kappa shape index (κ3) is 1.92. The van der Waals surface area contributed by atoms with Crippen LogP contribution in [0, 0.1) is 5.92 Å². The predicted octanol–water partition coefficient (Wildman–Crippen LogP) is 4.68. The number of aromatic amines is 1. The van der Waals surface area contributed by atoms with E-state index < -0.39 is 6.09 Å². The lowest BCUT2D eigenvalue weighted by molar-refractivity contribution is 0.0992. The lowest BCUT2D eigenvalue weighted by Gasteiger charge is -2.31. The number of amides is 1. The zero-order valence-corrected chi connectivity index (χ0v) is 14.5. The molecule has 0 spiro atoms. The summed E-state index contributed by atoms with van der Waals surface area (Å²) in [5, 5.41) is 11.8. The van der Waals surface area contributed by atoms with E-state index in [0.29, 0.717) is 5.92 Å². The Labute approximate surface area is 146 Å². The van der Waals surface area contributed by atoms with Gasteiger partial charge in [-0.15, -0.1) is 0 Å². The van der Waals surface area contributed by atoms with E-state index in [2.05, 4.69) is 39.1 Å². The maximum atomic E-state index is 11.7. The average Bonchev–Trinajstić information content (AvgIpc) is 3.27. The fraction of sp³-hybridized carbons (Fsp3) is 0.333. The van der Waals surface area contributed by atoms with Crippen molar-refractivity contribution in [3.05, 3.63) is 40.6 Å². The van der Waals surface area contributed by atoms with Gasteiger partial charge in [0, 0.05) is 15.9 Å². The molecule has 0 unspecified atom stereocenters. The van der Waals surface area contributed by atoms with Crippen LogP contribution in [0.5, 0.6) is 0 Å². The number of H-pyrrole nitrogens is 1. The van der Waals surface area contributed by atoms with Crippen LogP contribution in [0.4, 0.5) is 4.79 Å². The second-order valence-electron chi connectivity index (χ2n) is 6.81. The van der Waals surface area contributed by atoms with Crippen LogP contribution in [-0.4, -0.2) is 32.1 Å². The van der Waals surface area contributed by atoms with Gasteiger partial charge >= 0.3 is 6.09 Å². The van der Waals surface area contributed by atoms with Gasteiger partial charge in [0.15, 0.2) is 0 Å². The molecule has 1 saturated heterocycles. The summed E-state index contributed by atoms with van der Waals surface area (Å²) in [4.78, 5) is 21.5. The maximum Gasteiger partial charge on any atom is 0.408 e. The van der Waals surface area contributed by atoms with Gasteiger partial charge in [-0.05, 0) is 48.8 Å². The Hall–Kier alpha value is -2.08. The minimum atomic E-state index is -0.832. The Kier molecular flexibility index (Phi) is 2.95. The maximum absolute atomic E-state index is 11.7. The van der Waals surface area contributed by atoms with Crippen LogP contribution in [-0.2, 0) is 0 Å². The van der Waals surface area contributed by atoms with Crippen LogP contribution in [0.2, 0.25) is 0 Å². The van der Waals surface area contributed by atoms with E-state index in [0.717, 1.165) is 51.4 Å². The summed E-state index contributed by atoms with van der Waals surface area (Å²) in [6.07, 6.45) is 2.19. The number of likely N-dealkylation sites (tertiary alicyclic amines) is 1. The molecule has 2 heterocycles. The number of carboxylic acid groups (broad SMARTS) is 1. The van der Waals surface area contributed by atoms with Crippen molar-refractivity contribution < 1.29 is 9.90 Å². The van der Waals surface area contributed by atoms with Gasteiger partial charge in [-0.3, -0.25) is 4.90 Å². The van der Waals surface area contributed by atoms with Crippen LogP contribution < -0.4 is 0 Å². The van der Waals surface area contributed by atoms with Crippen molar-refractivity contribution in [3.63, 3.8) is 0 Å². The van der Waals surface area contributed by atoms with Gasteiger partial charge in [0.2, 0.25) is 0 Å². The number of rotatable bonds is 1. The molecule has 1 aliphatic heterocycles. The first-order chi connectivity index (χ1) is 11.6. The van der Waals surface area contributed by atoms with Gasteiger partial charge < -0.3 is 10.1 Å². The number of hydrogen-bond donors (Lipinski definition) is 2. The molecule has 3 atom stereocenters. The lowest BCUT2D eigenvalue weighted by Crippen LogP contribution is -2.39. The third-order valence-electron chi connectivity index (χ3n) is 5.53. The first-order valence-corrected chi connectivity index (χ1v) is 9.00. The molecule has 1 saturated carbocycles. The number of nitrogens with zero attached hydrogens (tertiary/aromatic N) is 2. The molecule has 1 amide bonds. The number of carbonyl (C=O) groups is 1. The van der Waals surface area contributed by atoms with Gasteiger partial charge in [0.05, 0.1) is 17.1 Å². The van der Waals surface area contributed by atoms with Crippen molar-refractivity contribution in [3.8, 4) is 0 Å². The Morgan fingerprint density at radius 3 is 3.00 bits per heavy atom. The van der Waals surface area contributed by atoms with E-state index in [1.54, 1.807) is 4.90 Å². The van der Waals surface area contributed by atoms with Crippen molar-refractivity contribution in [1.82, 2.24) is 14.9 Å². The van der Waals surface area contributed by atoms with Gasteiger partial charge in [0.1, 0.15) is 5.82 Å². The fourth-order valence-corrected chi connectivity index (χ4v) is 4.93. The minimum absolute atomic E-state index is 0.140. The van der Waals surface area contributed by atoms with Crippen LogP contribution in [0.15, 0.2) is 34.8 Å². The summed E-state index contributed by atoms with van der Waals surface area (Å²) in [6.45, 7) is 0. The van der Waals surface area contributed by atoms with E-state index in [4.69, 9.17) is 4.98 Å². The van der Waals surface area contributed by atoms with E-state index >= 15 is 0 Å². The van der Waals surface area contributed by atoms with Crippen LogP contribution in [0.25, 0.3) is 21.8 Å². The van der Waals surface area contributed by atoms with Gasteiger partial charge in [0.25, 0.3) is 0 Å². The lowest BCUT2D eigenvalue weighted by atomic mass is 9.98. The van der Waals surface area contributed by atoms with Gasteiger partial charge in [-0.2, -0.15) is 0 Å². The molecule has 5 rings (SSSR count). The molecule has 2 N–H and O–H groups in total. The topological polar surface area (TPSA) is 69.2 Å². The second-order valence-corrected chi connectivity index (χ2v) is 7.73. The molecule has 2 aromatic carbocycles. The molecule has 5 nitrogen and oxygen atoms in total. The number of fused-ring (bicyclic) bond motifs is 5. The standard InChI is InChI=1S/C18H16BrN3O2/c19-11-3-5-13-9(7-11)2-6-14-15(13)21-17(20-14)16-10-1-4-12(8-10)22(16)18(23)24/h2-3,5-7,10,12,16H,1,4,8H2,(H,20,21)(H,23,24)/t10-,12+,16+/m1/s1. The zero-order chi connectivity index (χ0) is 16.4. The Morgan fingerprint density at radius 1 is 1.29 bits per heavy atom. The van der Waals surface area contributed by atoms with E-state index in [9.17, 15) is 9.90 Å². The molecule has 24 heavy (non-hydrogen) atoms. The first kappa shape index (κ1) is 14.3. The summed E-state index contributed by atoms with van der Waals surface area (Å²) >= 11 is 3.50. The van der Waals surface area contributed by atoms with E-state index in [1.807, 2.05) is 12.1 Å². The number of aromatic nitrogens is 2. The highest BCUT2D eigenvalue weighted by Crippen LogP contribution is 2.49. The second kappa shape index (κ2) is 4.96. The highest BCUT2D eigenvalue weighted by molar-refractivity contribution is 9.10. The number of piperidine rings is 1. The fourth-order valence-electron chi connectivity index (χ4n) is 4.55. The highest BCUT2D eigenvalue weighted by atomic mass is 79.9. The monoisotopic (exact) mass is 385 g/mol. The van der Waals surface area contributed by atoms with Crippen molar-refractivity contribution in [2.24, 2.45) is 5.92 Å². The number of nitrogens with one attached hydrogen (secondary N) is 1. The van der Waals surface area contributed by atoms with E-state index in [-0.39, 0.29) is 12.1 Å². The Morgan fingerprint density at radius 2 is 2.17 bits per heavy atom. The van der Waals surface area contributed by atoms with Crippen molar-refractivity contribution in [1.29, 1.82) is 0 Å². The molecule has 1 aliphatic carbocycles. The quantitative estimate of drug-likeness (QED) is 0.638. The molecule has 3 aromatic rings. The van der Waals surface area contributed by atoms with Crippen LogP contribution in [0.3, 0.4) is 0 Å².